The van der Waals surface area contributed by atoms with Crippen LogP contribution in [0.15, 0.2) is 24.3 Å². The van der Waals surface area contributed by atoms with E-state index in [0.717, 1.165) is 23.1 Å². The number of hydrogen-bond acceptors (Lipinski definition) is 2. The molecule has 0 radical (unpaired) electrons. The first-order valence-electron chi connectivity index (χ1n) is 7.17. The van der Waals surface area contributed by atoms with Crippen LogP contribution in [0.2, 0.25) is 0 Å². The van der Waals surface area contributed by atoms with E-state index < -0.39 is 0 Å². The molecule has 0 aliphatic heterocycles. The van der Waals surface area contributed by atoms with Gasteiger partial charge in [0.15, 0.2) is 0 Å². The van der Waals surface area contributed by atoms with Crippen LogP contribution in [0.3, 0.4) is 0 Å². The maximum atomic E-state index is 9.38. The average molecular weight is 247 g/mol. The number of hydrogen-bond donors (Lipinski definition) is 2. The summed E-state index contributed by atoms with van der Waals surface area (Å²) in [5, 5.41) is 13.1. The van der Waals surface area contributed by atoms with Crippen LogP contribution in [0.1, 0.15) is 45.1 Å². The molecule has 2 unspecified atom stereocenters. The van der Waals surface area contributed by atoms with Gasteiger partial charge in [0.05, 0.1) is 6.61 Å². The van der Waals surface area contributed by atoms with Gasteiger partial charge in [0.1, 0.15) is 0 Å². The Hall–Kier alpha value is -1.02. The molecule has 1 aromatic carbocycles. The number of para-hydroxylation sites is 1. The van der Waals surface area contributed by atoms with Crippen molar-refractivity contribution in [3.05, 3.63) is 29.8 Å². The van der Waals surface area contributed by atoms with E-state index in [0.29, 0.717) is 6.04 Å². The second-order valence-electron chi connectivity index (χ2n) is 5.76. The van der Waals surface area contributed by atoms with E-state index >= 15 is 0 Å². The standard InChI is InChI=1S/C16H25NO/c1-12(2)14-8-4-6-10-16(14)17-15-9-5-3-7-13(15)11-18/h3,5,7,9,12,14,16-18H,4,6,8,10-11H2,1-2H3. The highest BCUT2D eigenvalue weighted by atomic mass is 16.3. The van der Waals surface area contributed by atoms with Gasteiger partial charge in [0.25, 0.3) is 0 Å². The highest BCUT2D eigenvalue weighted by Crippen LogP contribution is 2.32. The summed E-state index contributed by atoms with van der Waals surface area (Å²) in [4.78, 5) is 0. The lowest BCUT2D eigenvalue weighted by Crippen LogP contribution is -2.35. The zero-order chi connectivity index (χ0) is 13.0. The molecule has 0 bridgehead atoms. The predicted octanol–water partition coefficient (Wildman–Crippen LogP) is 3.81. The van der Waals surface area contributed by atoms with Crippen LogP contribution in [0, 0.1) is 11.8 Å². The van der Waals surface area contributed by atoms with Crippen molar-refractivity contribution in [2.24, 2.45) is 11.8 Å². The summed E-state index contributed by atoms with van der Waals surface area (Å²) >= 11 is 0. The minimum absolute atomic E-state index is 0.113. The lowest BCUT2D eigenvalue weighted by Gasteiger charge is -2.36. The second-order valence-corrected chi connectivity index (χ2v) is 5.76. The highest BCUT2D eigenvalue weighted by Gasteiger charge is 2.27. The first-order chi connectivity index (χ1) is 8.72. The normalized spacial score (nSPS) is 24.2. The molecular formula is C16H25NO. The van der Waals surface area contributed by atoms with E-state index in [1.54, 1.807) is 0 Å². The van der Waals surface area contributed by atoms with E-state index in [-0.39, 0.29) is 6.61 Å². The third-order valence-corrected chi connectivity index (χ3v) is 4.20. The number of aliphatic hydroxyl groups excluding tert-OH is 1. The molecule has 0 saturated heterocycles. The topological polar surface area (TPSA) is 32.3 Å². The first kappa shape index (κ1) is 13.4. The Kier molecular flexibility index (Phi) is 4.65. The van der Waals surface area contributed by atoms with E-state index in [2.05, 4.69) is 25.2 Å². The first-order valence-corrected chi connectivity index (χ1v) is 7.17. The molecule has 2 rings (SSSR count). The molecule has 0 heterocycles. The van der Waals surface area contributed by atoms with Gasteiger partial charge in [-0.15, -0.1) is 0 Å². The molecule has 0 spiro atoms. The smallest absolute Gasteiger partial charge is 0.0701 e. The summed E-state index contributed by atoms with van der Waals surface area (Å²) in [6.45, 7) is 4.76. The van der Waals surface area contributed by atoms with Gasteiger partial charge in [-0.3, -0.25) is 0 Å². The molecule has 1 aliphatic rings. The lowest BCUT2D eigenvalue weighted by molar-refractivity contribution is 0.252. The Morgan fingerprint density at radius 3 is 2.67 bits per heavy atom. The fourth-order valence-corrected chi connectivity index (χ4v) is 3.14. The Labute approximate surface area is 110 Å². The summed E-state index contributed by atoms with van der Waals surface area (Å²) < 4.78 is 0. The van der Waals surface area contributed by atoms with Crippen LogP contribution >= 0.6 is 0 Å². The van der Waals surface area contributed by atoms with Crippen LogP contribution in [-0.2, 0) is 6.61 Å². The summed E-state index contributed by atoms with van der Waals surface area (Å²) in [5.74, 6) is 1.48. The molecular weight excluding hydrogens is 222 g/mol. The van der Waals surface area contributed by atoms with Crippen LogP contribution in [0.5, 0.6) is 0 Å². The summed E-state index contributed by atoms with van der Waals surface area (Å²) in [6, 6.07) is 8.66. The van der Waals surface area contributed by atoms with Gasteiger partial charge in [-0.05, 0) is 30.7 Å². The number of anilines is 1. The van der Waals surface area contributed by atoms with Gasteiger partial charge >= 0.3 is 0 Å². The van der Waals surface area contributed by atoms with Gasteiger partial charge < -0.3 is 10.4 Å². The quantitative estimate of drug-likeness (QED) is 0.848. The minimum atomic E-state index is 0.113. The Balaban J connectivity index is 2.11. The molecule has 2 heteroatoms. The number of nitrogens with one attached hydrogen (secondary N) is 1. The molecule has 1 aliphatic carbocycles. The number of rotatable bonds is 4. The van der Waals surface area contributed by atoms with Crippen molar-refractivity contribution in [2.45, 2.75) is 52.2 Å². The Bertz CT molecular complexity index is 375. The van der Waals surface area contributed by atoms with Crippen LogP contribution in [0.25, 0.3) is 0 Å². The van der Waals surface area contributed by atoms with Gasteiger partial charge in [0, 0.05) is 17.3 Å². The molecule has 100 valence electrons. The average Bonchev–Trinajstić information content (AvgIpc) is 2.40. The molecule has 0 amide bonds. The Morgan fingerprint density at radius 2 is 1.94 bits per heavy atom. The van der Waals surface area contributed by atoms with E-state index in [1.165, 1.54) is 25.7 Å². The predicted molar refractivity (Wildman–Crippen MR) is 76.6 cm³/mol. The zero-order valence-electron chi connectivity index (χ0n) is 11.5. The fraction of sp³-hybridized carbons (Fsp3) is 0.625. The maximum absolute atomic E-state index is 9.38. The molecule has 1 aromatic rings. The van der Waals surface area contributed by atoms with Gasteiger partial charge in [-0.25, -0.2) is 0 Å². The van der Waals surface area contributed by atoms with Crippen LogP contribution in [-0.4, -0.2) is 11.1 Å². The van der Waals surface area contributed by atoms with Gasteiger partial charge in [-0.2, -0.15) is 0 Å². The third-order valence-electron chi connectivity index (χ3n) is 4.20. The largest absolute Gasteiger partial charge is 0.392 e. The summed E-state index contributed by atoms with van der Waals surface area (Å²) in [7, 11) is 0. The van der Waals surface area contributed by atoms with Crippen molar-refractivity contribution in [3.8, 4) is 0 Å². The van der Waals surface area contributed by atoms with Crippen molar-refractivity contribution >= 4 is 5.69 Å². The summed E-state index contributed by atoms with van der Waals surface area (Å²) in [5.41, 5.74) is 2.11. The van der Waals surface area contributed by atoms with E-state index in [9.17, 15) is 5.11 Å². The van der Waals surface area contributed by atoms with Crippen molar-refractivity contribution in [3.63, 3.8) is 0 Å². The fourth-order valence-electron chi connectivity index (χ4n) is 3.14. The van der Waals surface area contributed by atoms with Crippen molar-refractivity contribution in [1.29, 1.82) is 0 Å². The molecule has 2 nitrogen and oxygen atoms in total. The van der Waals surface area contributed by atoms with Gasteiger partial charge in [0.2, 0.25) is 0 Å². The highest BCUT2D eigenvalue weighted by molar-refractivity contribution is 5.51. The molecule has 1 saturated carbocycles. The Morgan fingerprint density at radius 1 is 1.22 bits per heavy atom. The number of benzene rings is 1. The zero-order valence-corrected chi connectivity index (χ0v) is 11.5. The lowest BCUT2D eigenvalue weighted by atomic mass is 9.77. The molecule has 2 atom stereocenters. The van der Waals surface area contributed by atoms with Crippen molar-refractivity contribution < 1.29 is 5.11 Å². The maximum Gasteiger partial charge on any atom is 0.0701 e. The molecule has 2 N–H and O–H groups in total. The van der Waals surface area contributed by atoms with Crippen LogP contribution < -0.4 is 5.32 Å². The molecule has 1 fully saturated rings. The molecule has 18 heavy (non-hydrogen) atoms. The van der Waals surface area contributed by atoms with Crippen molar-refractivity contribution in [1.82, 2.24) is 0 Å². The minimum Gasteiger partial charge on any atom is -0.392 e. The van der Waals surface area contributed by atoms with E-state index in [4.69, 9.17) is 0 Å². The van der Waals surface area contributed by atoms with E-state index in [1.807, 2.05) is 18.2 Å². The third kappa shape index (κ3) is 3.05. The van der Waals surface area contributed by atoms with Crippen LogP contribution in [0.4, 0.5) is 5.69 Å². The second kappa shape index (κ2) is 6.24. The molecule has 0 aromatic heterocycles. The summed E-state index contributed by atoms with van der Waals surface area (Å²) in [6.07, 6.45) is 5.27. The SMILES string of the molecule is CC(C)C1CCCCC1Nc1ccccc1CO. The van der Waals surface area contributed by atoms with Crippen molar-refractivity contribution in [2.75, 3.05) is 5.32 Å². The number of aliphatic hydroxyl groups is 1. The van der Waals surface area contributed by atoms with Gasteiger partial charge in [-0.1, -0.05) is 44.9 Å². The monoisotopic (exact) mass is 247 g/mol.